The maximum absolute atomic E-state index is 11.4. The van der Waals surface area contributed by atoms with E-state index in [9.17, 15) is 9.59 Å². The van der Waals surface area contributed by atoms with E-state index >= 15 is 0 Å². The summed E-state index contributed by atoms with van der Waals surface area (Å²) in [5.41, 5.74) is 6.41. The summed E-state index contributed by atoms with van der Waals surface area (Å²) in [6.45, 7) is 0.495. The van der Waals surface area contributed by atoms with Gasteiger partial charge in [-0.25, -0.2) is 4.79 Å². The Labute approximate surface area is 112 Å². The van der Waals surface area contributed by atoms with Gasteiger partial charge in [-0.2, -0.15) is 0 Å². The molecule has 0 spiro atoms. The molecule has 0 unspecified atom stereocenters. The zero-order valence-electron chi connectivity index (χ0n) is 10.1. The van der Waals surface area contributed by atoms with Crippen molar-refractivity contribution < 1.29 is 14.3 Å². The largest absolute Gasteiger partial charge is 0.465 e. The van der Waals surface area contributed by atoms with Gasteiger partial charge < -0.3 is 15.8 Å². The summed E-state index contributed by atoms with van der Waals surface area (Å²) in [5, 5.41) is 2.71. The number of halogens is 1. The van der Waals surface area contributed by atoms with Gasteiger partial charge in [-0.15, -0.1) is 12.4 Å². The van der Waals surface area contributed by atoms with Gasteiger partial charge in [0.1, 0.15) is 0 Å². The summed E-state index contributed by atoms with van der Waals surface area (Å²) in [7, 11) is 1.32. The average molecular weight is 273 g/mol. The van der Waals surface area contributed by atoms with Crippen molar-refractivity contribution in [3.8, 4) is 0 Å². The fourth-order valence-corrected chi connectivity index (χ4v) is 1.29. The molecule has 18 heavy (non-hydrogen) atoms. The summed E-state index contributed by atoms with van der Waals surface area (Å²) < 4.78 is 4.57. The molecule has 0 aliphatic rings. The fourth-order valence-electron chi connectivity index (χ4n) is 1.29. The predicted molar refractivity (Wildman–Crippen MR) is 71.9 cm³/mol. The van der Waals surface area contributed by atoms with Crippen molar-refractivity contribution in [3.63, 3.8) is 0 Å². The third-order valence-electron chi connectivity index (χ3n) is 2.20. The van der Waals surface area contributed by atoms with Gasteiger partial charge in [-0.1, -0.05) is 0 Å². The quantitative estimate of drug-likeness (QED) is 0.797. The molecule has 0 saturated carbocycles. The Morgan fingerprint density at radius 2 is 1.89 bits per heavy atom. The monoisotopic (exact) mass is 272 g/mol. The number of hydrogen-bond acceptors (Lipinski definition) is 4. The lowest BCUT2D eigenvalue weighted by molar-refractivity contribution is -0.116. The second-order valence-corrected chi connectivity index (χ2v) is 3.51. The van der Waals surface area contributed by atoms with Gasteiger partial charge in [0.15, 0.2) is 0 Å². The molecule has 100 valence electrons. The number of nitrogens with one attached hydrogen (secondary N) is 1. The van der Waals surface area contributed by atoms with E-state index in [4.69, 9.17) is 5.73 Å². The van der Waals surface area contributed by atoms with E-state index in [2.05, 4.69) is 10.1 Å². The Bertz CT molecular complexity index is 393. The number of hydrogen-bond donors (Lipinski definition) is 2. The van der Waals surface area contributed by atoms with Crippen LogP contribution < -0.4 is 11.1 Å². The lowest BCUT2D eigenvalue weighted by atomic mass is 10.2. The third-order valence-corrected chi connectivity index (χ3v) is 2.20. The topological polar surface area (TPSA) is 81.4 Å². The van der Waals surface area contributed by atoms with Crippen molar-refractivity contribution >= 4 is 30.0 Å². The zero-order chi connectivity index (χ0) is 12.7. The van der Waals surface area contributed by atoms with Crippen LogP contribution >= 0.6 is 12.4 Å². The van der Waals surface area contributed by atoms with Crippen LogP contribution in [0.3, 0.4) is 0 Å². The Morgan fingerprint density at radius 3 is 2.39 bits per heavy atom. The highest BCUT2D eigenvalue weighted by Crippen LogP contribution is 2.10. The van der Waals surface area contributed by atoms with Crippen molar-refractivity contribution in [3.05, 3.63) is 29.8 Å². The smallest absolute Gasteiger partial charge is 0.337 e. The highest BCUT2D eigenvalue weighted by atomic mass is 35.5. The summed E-state index contributed by atoms with van der Waals surface area (Å²) in [6, 6.07) is 6.52. The third kappa shape index (κ3) is 5.16. The van der Waals surface area contributed by atoms with E-state index in [-0.39, 0.29) is 18.3 Å². The molecule has 1 aromatic carbocycles. The van der Waals surface area contributed by atoms with E-state index in [1.54, 1.807) is 24.3 Å². The number of rotatable bonds is 5. The van der Waals surface area contributed by atoms with Crippen LogP contribution in [-0.2, 0) is 9.53 Å². The molecule has 0 atom stereocenters. The summed E-state index contributed by atoms with van der Waals surface area (Å²) in [4.78, 5) is 22.6. The van der Waals surface area contributed by atoms with Gasteiger partial charge in [0.05, 0.1) is 12.7 Å². The summed E-state index contributed by atoms with van der Waals surface area (Å²) in [6.07, 6.45) is 1.06. The molecule has 0 radical (unpaired) electrons. The molecule has 0 aromatic heterocycles. The van der Waals surface area contributed by atoms with Crippen LogP contribution in [-0.4, -0.2) is 25.5 Å². The zero-order valence-corrected chi connectivity index (χ0v) is 11.0. The number of carbonyl (C=O) groups is 2. The SMILES string of the molecule is COC(=O)c1ccc(NC(=O)CCCN)cc1.Cl. The Morgan fingerprint density at radius 1 is 1.28 bits per heavy atom. The normalized spacial score (nSPS) is 9.22. The number of esters is 1. The Kier molecular flexibility index (Phi) is 7.74. The predicted octanol–water partition coefficient (Wildman–Crippen LogP) is 1.57. The lowest BCUT2D eigenvalue weighted by Gasteiger charge is -2.05. The van der Waals surface area contributed by atoms with Crippen LogP contribution in [0.5, 0.6) is 0 Å². The maximum atomic E-state index is 11.4. The molecule has 0 heterocycles. The van der Waals surface area contributed by atoms with Gasteiger partial charge in [0, 0.05) is 12.1 Å². The van der Waals surface area contributed by atoms with Crippen molar-refractivity contribution in [1.29, 1.82) is 0 Å². The molecular formula is C12H17ClN2O3. The molecule has 0 aliphatic carbocycles. The van der Waals surface area contributed by atoms with E-state index in [1.807, 2.05) is 0 Å². The van der Waals surface area contributed by atoms with Crippen molar-refractivity contribution in [2.45, 2.75) is 12.8 Å². The summed E-state index contributed by atoms with van der Waals surface area (Å²) >= 11 is 0. The Balaban J connectivity index is 0.00000289. The summed E-state index contributed by atoms with van der Waals surface area (Å²) in [5.74, 6) is -0.479. The van der Waals surface area contributed by atoms with Gasteiger partial charge in [0.25, 0.3) is 0 Å². The van der Waals surface area contributed by atoms with Crippen molar-refractivity contribution in [2.24, 2.45) is 5.73 Å². The first-order valence-electron chi connectivity index (χ1n) is 5.35. The maximum Gasteiger partial charge on any atom is 0.337 e. The van der Waals surface area contributed by atoms with Crippen LogP contribution in [0.15, 0.2) is 24.3 Å². The molecule has 1 aromatic rings. The second kappa shape index (κ2) is 8.49. The molecule has 1 rings (SSSR count). The average Bonchev–Trinajstić information content (AvgIpc) is 2.36. The van der Waals surface area contributed by atoms with E-state index in [0.717, 1.165) is 0 Å². The standard InChI is InChI=1S/C12H16N2O3.ClH/c1-17-12(16)9-4-6-10(7-5-9)14-11(15)3-2-8-13;/h4-7H,2-3,8,13H2,1H3,(H,14,15);1H. The molecule has 0 bridgehead atoms. The molecule has 0 aliphatic heterocycles. The highest BCUT2D eigenvalue weighted by molar-refractivity contribution is 5.93. The van der Waals surface area contributed by atoms with Crippen LogP contribution in [0.4, 0.5) is 5.69 Å². The Hall–Kier alpha value is -1.59. The van der Waals surface area contributed by atoms with E-state index in [1.165, 1.54) is 7.11 Å². The second-order valence-electron chi connectivity index (χ2n) is 3.51. The number of benzene rings is 1. The molecule has 3 N–H and O–H groups in total. The van der Waals surface area contributed by atoms with Gasteiger partial charge in [-0.05, 0) is 37.2 Å². The minimum absolute atomic E-state index is 0. The van der Waals surface area contributed by atoms with Crippen LogP contribution in [0.25, 0.3) is 0 Å². The molecule has 0 saturated heterocycles. The first-order valence-corrected chi connectivity index (χ1v) is 5.35. The first-order chi connectivity index (χ1) is 8.17. The molecule has 0 fully saturated rings. The molecule has 5 nitrogen and oxygen atoms in total. The highest BCUT2D eigenvalue weighted by Gasteiger charge is 2.05. The number of anilines is 1. The van der Waals surface area contributed by atoms with Gasteiger partial charge >= 0.3 is 5.97 Å². The lowest BCUT2D eigenvalue weighted by Crippen LogP contribution is -2.13. The number of methoxy groups -OCH3 is 1. The van der Waals surface area contributed by atoms with Crippen molar-refractivity contribution in [2.75, 3.05) is 19.0 Å². The fraction of sp³-hybridized carbons (Fsp3) is 0.333. The van der Waals surface area contributed by atoms with Gasteiger partial charge in [-0.3, -0.25) is 4.79 Å². The first kappa shape index (κ1) is 16.4. The molecular weight excluding hydrogens is 256 g/mol. The minimum atomic E-state index is -0.397. The molecule has 6 heteroatoms. The van der Waals surface area contributed by atoms with Crippen LogP contribution in [0, 0.1) is 0 Å². The minimum Gasteiger partial charge on any atom is -0.465 e. The van der Waals surface area contributed by atoms with Crippen LogP contribution in [0.1, 0.15) is 23.2 Å². The van der Waals surface area contributed by atoms with Crippen LogP contribution in [0.2, 0.25) is 0 Å². The van der Waals surface area contributed by atoms with Crippen molar-refractivity contribution in [1.82, 2.24) is 0 Å². The van der Waals surface area contributed by atoms with E-state index in [0.29, 0.717) is 30.6 Å². The molecule has 1 amide bonds. The van der Waals surface area contributed by atoms with E-state index < -0.39 is 5.97 Å². The number of carbonyl (C=O) groups excluding carboxylic acids is 2. The number of ether oxygens (including phenoxy) is 1. The number of nitrogens with two attached hydrogens (primary N) is 1. The number of amides is 1. The van der Waals surface area contributed by atoms with Gasteiger partial charge in [0.2, 0.25) is 5.91 Å².